The lowest BCUT2D eigenvalue weighted by Crippen LogP contribution is -2.32. The van der Waals surface area contributed by atoms with E-state index in [4.69, 9.17) is 5.11 Å². The molecule has 1 saturated heterocycles. The first-order chi connectivity index (χ1) is 6.84. The lowest BCUT2D eigenvalue weighted by atomic mass is 9.80. The lowest BCUT2D eigenvalue weighted by Gasteiger charge is -2.27. The van der Waals surface area contributed by atoms with Gasteiger partial charge in [0.2, 0.25) is 5.91 Å². The van der Waals surface area contributed by atoms with Crippen LogP contribution < -0.4 is 0 Å². The van der Waals surface area contributed by atoms with E-state index in [1.54, 1.807) is 0 Å². The van der Waals surface area contributed by atoms with Crippen LogP contribution in [0.1, 0.15) is 34.1 Å². The van der Waals surface area contributed by atoms with Crippen LogP contribution >= 0.6 is 0 Å². The number of aliphatic hydroxyl groups excluding tert-OH is 1. The molecule has 0 aromatic rings. The number of nitrogens with zero attached hydrogens (tertiary/aromatic N) is 1. The minimum Gasteiger partial charge on any atom is -0.396 e. The smallest absolute Gasteiger partial charge is 0.222 e. The number of amides is 1. The summed E-state index contributed by atoms with van der Waals surface area (Å²) in [6, 6.07) is 0. The quantitative estimate of drug-likeness (QED) is 0.772. The van der Waals surface area contributed by atoms with E-state index < -0.39 is 0 Å². The number of carbonyl (C=O) groups excluding carboxylic acids is 1. The highest BCUT2D eigenvalue weighted by atomic mass is 16.3. The van der Waals surface area contributed by atoms with E-state index in [1.807, 2.05) is 11.8 Å². The van der Waals surface area contributed by atoms with Crippen molar-refractivity contribution in [2.75, 3.05) is 19.7 Å². The minimum absolute atomic E-state index is 0.157. The Balaban J connectivity index is 2.53. The average Bonchev–Trinajstić information content (AvgIpc) is 2.47. The molecule has 88 valence electrons. The summed E-state index contributed by atoms with van der Waals surface area (Å²) in [6.07, 6.45) is 0.668. The van der Waals surface area contributed by atoms with Crippen LogP contribution in [0.25, 0.3) is 0 Å². The van der Waals surface area contributed by atoms with Crippen LogP contribution in [0.15, 0.2) is 0 Å². The Bertz CT molecular complexity index is 232. The summed E-state index contributed by atoms with van der Waals surface area (Å²) in [5.74, 6) is 0.888. The van der Waals surface area contributed by atoms with E-state index in [-0.39, 0.29) is 23.8 Å². The first-order valence-electron chi connectivity index (χ1n) is 5.73. The van der Waals surface area contributed by atoms with Crippen molar-refractivity contribution in [1.82, 2.24) is 4.90 Å². The third-order valence-corrected chi connectivity index (χ3v) is 3.28. The second-order valence-electron chi connectivity index (χ2n) is 5.85. The van der Waals surface area contributed by atoms with Crippen LogP contribution in [0.4, 0.5) is 0 Å². The van der Waals surface area contributed by atoms with Crippen LogP contribution in [0.5, 0.6) is 0 Å². The van der Waals surface area contributed by atoms with Gasteiger partial charge in [-0.1, -0.05) is 27.7 Å². The molecular weight excluding hydrogens is 190 g/mol. The fourth-order valence-electron chi connectivity index (χ4n) is 1.96. The summed E-state index contributed by atoms with van der Waals surface area (Å²) >= 11 is 0. The maximum Gasteiger partial charge on any atom is 0.222 e. The molecule has 15 heavy (non-hydrogen) atoms. The fourth-order valence-corrected chi connectivity index (χ4v) is 1.96. The zero-order chi connectivity index (χ0) is 11.6. The molecule has 3 heteroatoms. The zero-order valence-electron chi connectivity index (χ0n) is 10.3. The van der Waals surface area contributed by atoms with Gasteiger partial charge in [0.25, 0.3) is 0 Å². The Morgan fingerprint density at radius 2 is 2.13 bits per heavy atom. The molecule has 0 aromatic carbocycles. The highest BCUT2D eigenvalue weighted by Gasteiger charge is 2.36. The maximum absolute atomic E-state index is 11.7. The molecule has 1 aliphatic heterocycles. The van der Waals surface area contributed by atoms with Crippen molar-refractivity contribution >= 4 is 5.91 Å². The van der Waals surface area contributed by atoms with Crippen molar-refractivity contribution < 1.29 is 9.90 Å². The van der Waals surface area contributed by atoms with E-state index in [0.29, 0.717) is 18.9 Å². The Kier molecular flexibility index (Phi) is 3.77. The van der Waals surface area contributed by atoms with E-state index in [9.17, 15) is 4.79 Å². The van der Waals surface area contributed by atoms with Gasteiger partial charge < -0.3 is 10.0 Å². The van der Waals surface area contributed by atoms with Gasteiger partial charge in [-0.3, -0.25) is 4.79 Å². The van der Waals surface area contributed by atoms with Gasteiger partial charge in [-0.25, -0.2) is 0 Å². The largest absolute Gasteiger partial charge is 0.396 e. The molecule has 1 amide bonds. The minimum atomic E-state index is 0.157. The van der Waals surface area contributed by atoms with Gasteiger partial charge in [-0.05, 0) is 17.3 Å². The molecule has 0 saturated carbocycles. The number of hydrogen-bond acceptors (Lipinski definition) is 2. The van der Waals surface area contributed by atoms with E-state index in [2.05, 4.69) is 20.8 Å². The fraction of sp³-hybridized carbons (Fsp3) is 0.917. The monoisotopic (exact) mass is 213 g/mol. The molecule has 1 fully saturated rings. The number of hydrogen-bond donors (Lipinski definition) is 1. The Labute approximate surface area is 92.5 Å². The molecule has 1 heterocycles. The summed E-state index contributed by atoms with van der Waals surface area (Å²) < 4.78 is 0. The lowest BCUT2D eigenvalue weighted by molar-refractivity contribution is -0.128. The SMILES string of the molecule is CC(CO)CN1CC(C(C)(C)C)CC1=O. The van der Waals surface area contributed by atoms with Crippen molar-refractivity contribution in [3.63, 3.8) is 0 Å². The van der Waals surface area contributed by atoms with Gasteiger partial charge in [0.1, 0.15) is 0 Å². The second-order valence-corrected chi connectivity index (χ2v) is 5.85. The highest BCUT2D eigenvalue weighted by Crippen LogP contribution is 2.34. The van der Waals surface area contributed by atoms with Gasteiger partial charge in [-0.2, -0.15) is 0 Å². The van der Waals surface area contributed by atoms with Crippen LogP contribution in [-0.4, -0.2) is 35.6 Å². The summed E-state index contributed by atoms with van der Waals surface area (Å²) in [7, 11) is 0. The molecule has 3 nitrogen and oxygen atoms in total. The molecule has 0 bridgehead atoms. The normalized spacial score (nSPS) is 24.7. The van der Waals surface area contributed by atoms with Gasteiger partial charge in [0.15, 0.2) is 0 Å². The first-order valence-corrected chi connectivity index (χ1v) is 5.73. The standard InChI is InChI=1S/C12H23NO2/c1-9(8-14)6-13-7-10(5-11(13)15)12(2,3)4/h9-10,14H,5-8H2,1-4H3. The molecule has 0 aromatic heterocycles. The molecule has 0 radical (unpaired) electrons. The average molecular weight is 213 g/mol. The highest BCUT2D eigenvalue weighted by molar-refractivity contribution is 5.78. The molecule has 0 aliphatic carbocycles. The van der Waals surface area contributed by atoms with Crippen LogP contribution in [0.2, 0.25) is 0 Å². The van der Waals surface area contributed by atoms with Crippen molar-refractivity contribution in [3.8, 4) is 0 Å². The molecular formula is C12H23NO2. The molecule has 1 rings (SSSR count). The predicted molar refractivity (Wildman–Crippen MR) is 60.4 cm³/mol. The predicted octanol–water partition coefficient (Wildman–Crippen LogP) is 1.51. The third kappa shape index (κ3) is 3.20. The summed E-state index contributed by atoms with van der Waals surface area (Å²) in [6.45, 7) is 10.2. The number of aliphatic hydroxyl groups is 1. The Morgan fingerprint density at radius 3 is 2.53 bits per heavy atom. The summed E-state index contributed by atoms with van der Waals surface area (Å²) in [5, 5.41) is 8.97. The van der Waals surface area contributed by atoms with Crippen LogP contribution in [-0.2, 0) is 4.79 Å². The first kappa shape index (κ1) is 12.5. The topological polar surface area (TPSA) is 40.5 Å². The van der Waals surface area contributed by atoms with Gasteiger partial charge in [-0.15, -0.1) is 0 Å². The maximum atomic E-state index is 11.7. The van der Waals surface area contributed by atoms with Gasteiger partial charge in [0, 0.05) is 26.1 Å². The Hall–Kier alpha value is -0.570. The van der Waals surface area contributed by atoms with Crippen molar-refractivity contribution in [3.05, 3.63) is 0 Å². The Morgan fingerprint density at radius 1 is 1.53 bits per heavy atom. The molecule has 1 aliphatic rings. The summed E-state index contributed by atoms with van der Waals surface area (Å²) in [4.78, 5) is 13.6. The summed E-state index contributed by atoms with van der Waals surface area (Å²) in [5.41, 5.74) is 0.201. The zero-order valence-corrected chi connectivity index (χ0v) is 10.3. The number of rotatable bonds is 3. The van der Waals surface area contributed by atoms with Crippen molar-refractivity contribution in [1.29, 1.82) is 0 Å². The van der Waals surface area contributed by atoms with E-state index in [1.165, 1.54) is 0 Å². The second kappa shape index (κ2) is 4.52. The van der Waals surface area contributed by atoms with Crippen molar-refractivity contribution in [2.45, 2.75) is 34.1 Å². The molecule has 2 unspecified atom stereocenters. The number of likely N-dealkylation sites (tertiary alicyclic amines) is 1. The van der Waals surface area contributed by atoms with Crippen molar-refractivity contribution in [2.24, 2.45) is 17.3 Å². The van der Waals surface area contributed by atoms with Gasteiger partial charge in [0.05, 0.1) is 0 Å². The molecule has 2 atom stereocenters. The van der Waals surface area contributed by atoms with E-state index in [0.717, 1.165) is 6.54 Å². The third-order valence-electron chi connectivity index (χ3n) is 3.28. The van der Waals surface area contributed by atoms with Crippen LogP contribution in [0.3, 0.4) is 0 Å². The molecule has 1 N–H and O–H groups in total. The van der Waals surface area contributed by atoms with Gasteiger partial charge >= 0.3 is 0 Å². The van der Waals surface area contributed by atoms with Crippen LogP contribution in [0, 0.1) is 17.3 Å². The number of carbonyl (C=O) groups is 1. The molecule has 0 spiro atoms. The van der Waals surface area contributed by atoms with E-state index >= 15 is 0 Å².